The van der Waals surface area contributed by atoms with Crippen molar-refractivity contribution in [3.05, 3.63) is 18.2 Å². The summed E-state index contributed by atoms with van der Waals surface area (Å²) in [6.45, 7) is 0. The molecule has 2 amide bonds. The van der Waals surface area contributed by atoms with Crippen LogP contribution in [0.2, 0.25) is 0 Å². The third-order valence-electron chi connectivity index (χ3n) is 2.54. The molecule has 0 bridgehead atoms. The number of nitrogen functional groups attached to an aromatic ring is 1. The minimum atomic E-state index is -3.76. The zero-order valence-corrected chi connectivity index (χ0v) is 9.65. The predicted octanol–water partition coefficient (Wildman–Crippen LogP) is 0.459. The molecule has 7 heteroatoms. The molecule has 2 N–H and O–H groups in total. The Morgan fingerprint density at radius 2 is 1.88 bits per heavy atom. The van der Waals surface area contributed by atoms with E-state index < -0.39 is 16.1 Å². The van der Waals surface area contributed by atoms with Gasteiger partial charge in [-0.15, -0.1) is 0 Å². The maximum Gasteiger partial charge on any atom is 0.337 e. The Morgan fingerprint density at radius 1 is 1.25 bits per heavy atom. The summed E-state index contributed by atoms with van der Waals surface area (Å²) in [7, 11) is -1.02. The third-order valence-corrected chi connectivity index (χ3v) is 4.30. The van der Waals surface area contributed by atoms with Gasteiger partial charge in [-0.05, 0) is 18.2 Å². The average molecular weight is 241 g/mol. The van der Waals surface area contributed by atoms with Crippen molar-refractivity contribution in [2.75, 3.05) is 24.7 Å². The van der Waals surface area contributed by atoms with Gasteiger partial charge < -0.3 is 5.73 Å². The second kappa shape index (κ2) is 3.11. The number of nitrogens with two attached hydrogens (primary N) is 1. The molecule has 6 nitrogen and oxygen atoms in total. The lowest BCUT2D eigenvalue weighted by atomic mass is 10.2. The molecule has 0 atom stereocenters. The molecule has 0 saturated carbocycles. The third kappa shape index (κ3) is 1.25. The Kier molecular flexibility index (Phi) is 2.09. The highest BCUT2D eigenvalue weighted by atomic mass is 32.2. The van der Waals surface area contributed by atoms with Crippen LogP contribution < -0.4 is 10.6 Å². The number of urea groups is 1. The summed E-state index contributed by atoms with van der Waals surface area (Å²) in [5, 5.41) is 0. The van der Waals surface area contributed by atoms with Crippen molar-refractivity contribution >= 4 is 27.4 Å². The van der Waals surface area contributed by atoms with Crippen molar-refractivity contribution in [1.82, 2.24) is 4.31 Å². The molecule has 1 aliphatic heterocycles. The Balaban J connectivity index is 2.79. The number of carbonyl (C=O) groups is 1. The van der Waals surface area contributed by atoms with Gasteiger partial charge in [0.25, 0.3) is 10.0 Å². The van der Waals surface area contributed by atoms with E-state index in [1.807, 2.05) is 0 Å². The molecule has 86 valence electrons. The van der Waals surface area contributed by atoms with Crippen LogP contribution in [-0.4, -0.2) is 32.8 Å². The summed E-state index contributed by atoms with van der Waals surface area (Å²) >= 11 is 0. The molecular weight excluding hydrogens is 230 g/mol. The van der Waals surface area contributed by atoms with E-state index in [4.69, 9.17) is 5.73 Å². The highest BCUT2D eigenvalue weighted by molar-refractivity contribution is 7.90. The van der Waals surface area contributed by atoms with Crippen LogP contribution >= 0.6 is 0 Å². The van der Waals surface area contributed by atoms with E-state index in [0.29, 0.717) is 15.7 Å². The SMILES string of the molecule is CN1C(=O)N(C)S(=O)(=O)c2cc(N)ccc21. The van der Waals surface area contributed by atoms with E-state index in [0.717, 1.165) is 0 Å². The molecule has 1 aliphatic rings. The van der Waals surface area contributed by atoms with E-state index in [1.165, 1.54) is 31.1 Å². The molecule has 16 heavy (non-hydrogen) atoms. The number of amides is 2. The minimum absolute atomic E-state index is 0.0529. The fraction of sp³-hybridized carbons (Fsp3) is 0.222. The van der Waals surface area contributed by atoms with Gasteiger partial charge in [-0.1, -0.05) is 0 Å². The maximum atomic E-state index is 11.9. The lowest BCUT2D eigenvalue weighted by Crippen LogP contribution is -2.46. The number of nitrogens with zero attached hydrogens (tertiary/aromatic N) is 2. The topological polar surface area (TPSA) is 83.7 Å². The van der Waals surface area contributed by atoms with Crippen LogP contribution in [-0.2, 0) is 10.0 Å². The number of fused-ring (bicyclic) bond motifs is 1. The van der Waals surface area contributed by atoms with Gasteiger partial charge in [0.2, 0.25) is 0 Å². The summed E-state index contributed by atoms with van der Waals surface area (Å²) in [4.78, 5) is 13.0. The van der Waals surface area contributed by atoms with Gasteiger partial charge >= 0.3 is 6.03 Å². The van der Waals surface area contributed by atoms with Crippen LogP contribution in [0.5, 0.6) is 0 Å². The van der Waals surface area contributed by atoms with E-state index in [9.17, 15) is 13.2 Å². The Bertz CT molecular complexity index is 567. The summed E-state index contributed by atoms with van der Waals surface area (Å²) < 4.78 is 24.6. The normalized spacial score (nSPS) is 18.5. The predicted molar refractivity (Wildman–Crippen MR) is 59.6 cm³/mol. The molecule has 1 aromatic carbocycles. The molecule has 0 saturated heterocycles. The van der Waals surface area contributed by atoms with Gasteiger partial charge in [0, 0.05) is 19.8 Å². The molecule has 0 aliphatic carbocycles. The highest BCUT2D eigenvalue weighted by Crippen LogP contribution is 2.33. The number of hydrogen-bond donors (Lipinski definition) is 1. The standard InChI is InChI=1S/C9H11N3O3S/c1-11-7-4-3-6(10)5-8(7)16(14,15)12(2)9(11)13/h3-5H,10H2,1-2H3. The van der Waals surface area contributed by atoms with Crippen LogP contribution in [0.25, 0.3) is 0 Å². The first-order valence-electron chi connectivity index (χ1n) is 4.52. The summed E-state index contributed by atoms with van der Waals surface area (Å²) in [6.07, 6.45) is 0. The van der Waals surface area contributed by atoms with Crippen molar-refractivity contribution < 1.29 is 13.2 Å². The lowest BCUT2D eigenvalue weighted by molar-refractivity contribution is 0.234. The average Bonchev–Trinajstić information content (AvgIpc) is 2.24. The Hall–Kier alpha value is -1.76. The van der Waals surface area contributed by atoms with Crippen LogP contribution in [0.1, 0.15) is 0 Å². The van der Waals surface area contributed by atoms with E-state index in [1.54, 1.807) is 6.07 Å². The summed E-state index contributed by atoms with van der Waals surface area (Å²) in [6, 6.07) is 3.85. The van der Waals surface area contributed by atoms with Crippen LogP contribution in [0, 0.1) is 0 Å². The van der Waals surface area contributed by atoms with Crippen molar-refractivity contribution in [2.45, 2.75) is 4.90 Å². The molecule has 0 radical (unpaired) electrons. The van der Waals surface area contributed by atoms with Crippen molar-refractivity contribution in [2.24, 2.45) is 0 Å². The number of sulfonamides is 1. The van der Waals surface area contributed by atoms with Gasteiger partial charge in [-0.2, -0.15) is 0 Å². The molecule has 2 rings (SSSR count). The maximum absolute atomic E-state index is 11.9. The van der Waals surface area contributed by atoms with E-state index >= 15 is 0 Å². The summed E-state index contributed by atoms with van der Waals surface area (Å²) in [5.41, 5.74) is 6.23. The minimum Gasteiger partial charge on any atom is -0.399 e. The fourth-order valence-electron chi connectivity index (χ4n) is 1.58. The zero-order chi connectivity index (χ0) is 12.1. The quantitative estimate of drug-likeness (QED) is 0.669. The first-order valence-corrected chi connectivity index (χ1v) is 5.96. The molecule has 0 spiro atoms. The molecular formula is C9H11N3O3S. The number of carbonyl (C=O) groups excluding carboxylic acids is 1. The number of anilines is 2. The van der Waals surface area contributed by atoms with Crippen LogP contribution in [0.15, 0.2) is 23.1 Å². The molecule has 1 aromatic rings. The van der Waals surface area contributed by atoms with Crippen LogP contribution in [0.3, 0.4) is 0 Å². The number of hydrogen-bond acceptors (Lipinski definition) is 4. The largest absolute Gasteiger partial charge is 0.399 e. The van der Waals surface area contributed by atoms with Crippen molar-refractivity contribution in [3.8, 4) is 0 Å². The highest BCUT2D eigenvalue weighted by Gasteiger charge is 2.37. The first kappa shape index (κ1) is 10.7. The van der Waals surface area contributed by atoms with Crippen molar-refractivity contribution in [1.29, 1.82) is 0 Å². The smallest absolute Gasteiger partial charge is 0.337 e. The Labute approximate surface area is 93.3 Å². The van der Waals surface area contributed by atoms with Gasteiger partial charge in [0.15, 0.2) is 0 Å². The van der Waals surface area contributed by atoms with Crippen molar-refractivity contribution in [3.63, 3.8) is 0 Å². The molecule has 0 aromatic heterocycles. The lowest BCUT2D eigenvalue weighted by Gasteiger charge is -2.31. The van der Waals surface area contributed by atoms with Gasteiger partial charge in [-0.25, -0.2) is 17.5 Å². The second-order valence-corrected chi connectivity index (χ2v) is 5.48. The Morgan fingerprint density at radius 3 is 2.50 bits per heavy atom. The number of benzene rings is 1. The zero-order valence-electron chi connectivity index (χ0n) is 8.84. The number of rotatable bonds is 0. The first-order chi connectivity index (χ1) is 7.35. The molecule has 0 unspecified atom stereocenters. The fourth-order valence-corrected chi connectivity index (χ4v) is 2.96. The molecule has 0 fully saturated rings. The molecule has 1 heterocycles. The van der Waals surface area contributed by atoms with Gasteiger partial charge in [0.1, 0.15) is 4.90 Å². The van der Waals surface area contributed by atoms with Gasteiger partial charge in [-0.3, -0.25) is 4.90 Å². The monoisotopic (exact) mass is 241 g/mol. The van der Waals surface area contributed by atoms with E-state index in [2.05, 4.69) is 0 Å². The van der Waals surface area contributed by atoms with Crippen LogP contribution in [0.4, 0.5) is 16.2 Å². The van der Waals surface area contributed by atoms with Gasteiger partial charge in [0.05, 0.1) is 5.69 Å². The van der Waals surface area contributed by atoms with E-state index in [-0.39, 0.29) is 4.90 Å². The summed E-state index contributed by atoms with van der Waals surface area (Å²) in [5.74, 6) is 0. The second-order valence-electron chi connectivity index (χ2n) is 3.54.